The van der Waals surface area contributed by atoms with Crippen LogP contribution in [0.15, 0.2) is 54.6 Å². The fourth-order valence-corrected chi connectivity index (χ4v) is 3.47. The van der Waals surface area contributed by atoms with Crippen LogP contribution in [0, 0.1) is 13.8 Å². The minimum absolute atomic E-state index is 0.109. The van der Waals surface area contributed by atoms with Crippen LogP contribution in [0.25, 0.3) is 0 Å². The lowest BCUT2D eigenvalue weighted by Gasteiger charge is -2.15. The molecule has 1 aliphatic heterocycles. The fourth-order valence-electron chi connectivity index (χ4n) is 3.47. The van der Waals surface area contributed by atoms with Crippen molar-refractivity contribution in [1.29, 1.82) is 0 Å². The second-order valence-electron chi connectivity index (χ2n) is 7.47. The largest absolute Gasteiger partial charge is 0.507 e. The van der Waals surface area contributed by atoms with Gasteiger partial charge in [0, 0.05) is 11.3 Å². The maximum atomic E-state index is 13.0. The van der Waals surface area contributed by atoms with E-state index in [0.717, 1.165) is 28.2 Å². The summed E-state index contributed by atoms with van der Waals surface area (Å²) in [6.07, 6.45) is 0. The summed E-state index contributed by atoms with van der Waals surface area (Å²) < 4.78 is 0. The molecule has 3 N–H and O–H groups in total. The van der Waals surface area contributed by atoms with E-state index in [0.29, 0.717) is 5.69 Å². The number of aryl methyl sites for hydroxylation is 2. The molecule has 1 aliphatic rings. The average molecular weight is 430 g/mol. The Morgan fingerprint density at radius 3 is 2.25 bits per heavy atom. The van der Waals surface area contributed by atoms with Crippen molar-refractivity contribution in [2.24, 2.45) is 0 Å². The van der Waals surface area contributed by atoms with E-state index >= 15 is 0 Å². The predicted octanol–water partition coefficient (Wildman–Crippen LogP) is 3.76. The third-order valence-electron chi connectivity index (χ3n) is 5.38. The highest BCUT2D eigenvalue weighted by Gasteiger charge is 2.37. The number of imide groups is 1. The third kappa shape index (κ3) is 3.47. The van der Waals surface area contributed by atoms with Crippen molar-refractivity contribution < 1.29 is 29.4 Å². The Balaban J connectivity index is 1.62. The SMILES string of the molecule is Cc1ccc(N2C(=O)c3ccc(C(=O)Nc4ccc(O)c(C(=O)O)c4)cc3C2=O)cc1C. The number of amides is 3. The van der Waals surface area contributed by atoms with Crippen molar-refractivity contribution >= 4 is 35.1 Å². The van der Waals surface area contributed by atoms with E-state index < -0.39 is 29.4 Å². The van der Waals surface area contributed by atoms with Gasteiger partial charge in [0.05, 0.1) is 16.8 Å². The van der Waals surface area contributed by atoms with Gasteiger partial charge in [-0.25, -0.2) is 9.69 Å². The zero-order valence-corrected chi connectivity index (χ0v) is 17.2. The molecule has 0 fully saturated rings. The van der Waals surface area contributed by atoms with E-state index in [1.165, 1.54) is 24.3 Å². The summed E-state index contributed by atoms with van der Waals surface area (Å²) in [5.41, 5.74) is 2.65. The molecule has 0 aliphatic carbocycles. The molecule has 0 unspecified atom stereocenters. The molecule has 0 saturated heterocycles. The second-order valence-corrected chi connectivity index (χ2v) is 7.47. The number of carboxylic acid groups (broad SMARTS) is 1. The van der Waals surface area contributed by atoms with Gasteiger partial charge in [-0.3, -0.25) is 14.4 Å². The summed E-state index contributed by atoms with van der Waals surface area (Å²) in [5, 5.41) is 21.2. The predicted molar refractivity (Wildman–Crippen MR) is 117 cm³/mol. The van der Waals surface area contributed by atoms with Crippen LogP contribution in [0.4, 0.5) is 11.4 Å². The van der Waals surface area contributed by atoms with Crippen LogP contribution in [0.2, 0.25) is 0 Å². The molecule has 0 aromatic heterocycles. The monoisotopic (exact) mass is 430 g/mol. The molecule has 3 amide bonds. The van der Waals surface area contributed by atoms with Gasteiger partial charge < -0.3 is 15.5 Å². The number of aromatic carboxylic acids is 1. The van der Waals surface area contributed by atoms with Crippen molar-refractivity contribution in [2.75, 3.05) is 10.2 Å². The molecule has 160 valence electrons. The number of nitrogens with one attached hydrogen (secondary N) is 1. The first-order chi connectivity index (χ1) is 15.2. The van der Waals surface area contributed by atoms with Crippen molar-refractivity contribution in [1.82, 2.24) is 0 Å². The summed E-state index contributed by atoms with van der Waals surface area (Å²) in [4.78, 5) is 50.7. The van der Waals surface area contributed by atoms with Gasteiger partial charge in [-0.05, 0) is 73.5 Å². The molecule has 0 bridgehead atoms. The Morgan fingerprint density at radius 1 is 0.844 bits per heavy atom. The van der Waals surface area contributed by atoms with Gasteiger partial charge in [0.1, 0.15) is 11.3 Å². The maximum Gasteiger partial charge on any atom is 0.339 e. The topological polar surface area (TPSA) is 124 Å². The summed E-state index contributed by atoms with van der Waals surface area (Å²) in [5.74, 6) is -3.36. The Labute approximate surface area is 182 Å². The number of nitrogens with zero attached hydrogens (tertiary/aromatic N) is 1. The molecular formula is C24H18N2O6. The number of hydrogen-bond donors (Lipinski definition) is 3. The molecule has 3 aromatic rings. The molecule has 32 heavy (non-hydrogen) atoms. The molecule has 0 saturated carbocycles. The van der Waals surface area contributed by atoms with E-state index in [2.05, 4.69) is 5.32 Å². The van der Waals surface area contributed by atoms with E-state index in [1.807, 2.05) is 19.9 Å². The molecular weight excluding hydrogens is 412 g/mol. The first-order valence-electron chi connectivity index (χ1n) is 9.65. The van der Waals surface area contributed by atoms with Gasteiger partial charge in [-0.2, -0.15) is 0 Å². The number of carbonyl (C=O) groups is 4. The number of phenols is 1. The summed E-state index contributed by atoms with van der Waals surface area (Å²) >= 11 is 0. The number of carbonyl (C=O) groups excluding carboxylic acids is 3. The van der Waals surface area contributed by atoms with Crippen molar-refractivity contribution in [2.45, 2.75) is 13.8 Å². The Hall–Kier alpha value is -4.46. The fraction of sp³-hybridized carbons (Fsp3) is 0.0833. The van der Waals surface area contributed by atoms with Crippen LogP contribution in [0.5, 0.6) is 5.75 Å². The van der Waals surface area contributed by atoms with Gasteiger partial charge in [-0.1, -0.05) is 6.07 Å². The van der Waals surface area contributed by atoms with Crippen LogP contribution in [-0.4, -0.2) is 33.9 Å². The number of aromatic hydroxyl groups is 1. The van der Waals surface area contributed by atoms with Crippen molar-refractivity contribution in [3.05, 3.63) is 88.0 Å². The molecule has 0 radical (unpaired) electrons. The summed E-state index contributed by atoms with van der Waals surface area (Å²) in [7, 11) is 0. The summed E-state index contributed by atoms with van der Waals surface area (Å²) in [6.45, 7) is 3.82. The Bertz CT molecular complexity index is 1330. The van der Waals surface area contributed by atoms with Crippen LogP contribution >= 0.6 is 0 Å². The quantitative estimate of drug-likeness (QED) is 0.428. The van der Waals surface area contributed by atoms with E-state index in [4.69, 9.17) is 5.11 Å². The molecule has 1 heterocycles. The Kier molecular flexibility index (Phi) is 4.98. The normalized spacial score (nSPS) is 12.6. The lowest BCUT2D eigenvalue weighted by molar-refractivity contribution is 0.0692. The highest BCUT2D eigenvalue weighted by molar-refractivity contribution is 6.34. The first kappa shape index (κ1) is 20.8. The number of carboxylic acids is 1. The van der Waals surface area contributed by atoms with Gasteiger partial charge in [0.15, 0.2) is 0 Å². The van der Waals surface area contributed by atoms with Gasteiger partial charge in [-0.15, -0.1) is 0 Å². The van der Waals surface area contributed by atoms with Crippen molar-refractivity contribution in [3.63, 3.8) is 0 Å². The number of anilines is 2. The highest BCUT2D eigenvalue weighted by atomic mass is 16.4. The smallest absolute Gasteiger partial charge is 0.339 e. The number of hydrogen-bond acceptors (Lipinski definition) is 5. The minimum Gasteiger partial charge on any atom is -0.507 e. The highest BCUT2D eigenvalue weighted by Crippen LogP contribution is 2.30. The van der Waals surface area contributed by atoms with Gasteiger partial charge >= 0.3 is 5.97 Å². The van der Waals surface area contributed by atoms with Gasteiger partial charge in [0.2, 0.25) is 0 Å². The zero-order valence-electron chi connectivity index (χ0n) is 17.2. The van der Waals surface area contributed by atoms with Crippen LogP contribution in [-0.2, 0) is 0 Å². The van der Waals surface area contributed by atoms with E-state index in [1.54, 1.807) is 12.1 Å². The first-order valence-corrected chi connectivity index (χ1v) is 9.65. The zero-order chi connectivity index (χ0) is 23.2. The van der Waals surface area contributed by atoms with Crippen molar-refractivity contribution in [3.8, 4) is 5.75 Å². The Morgan fingerprint density at radius 2 is 1.56 bits per heavy atom. The molecule has 0 atom stereocenters. The molecule has 4 rings (SSSR count). The standard InChI is InChI=1S/C24H18N2O6/c1-12-3-6-16(9-13(12)2)26-22(29)17-7-4-14(10-18(17)23(26)30)21(28)25-15-5-8-20(27)19(11-15)24(31)32/h3-11,27H,1-2H3,(H,25,28)(H,31,32). The number of benzene rings is 3. The molecule has 8 heteroatoms. The number of fused-ring (bicyclic) bond motifs is 1. The van der Waals surface area contributed by atoms with Crippen LogP contribution in [0.3, 0.4) is 0 Å². The third-order valence-corrected chi connectivity index (χ3v) is 5.38. The lowest BCUT2D eigenvalue weighted by atomic mass is 10.1. The van der Waals surface area contributed by atoms with Gasteiger partial charge in [0.25, 0.3) is 17.7 Å². The minimum atomic E-state index is -1.34. The van der Waals surface area contributed by atoms with E-state index in [9.17, 15) is 24.3 Å². The van der Waals surface area contributed by atoms with Crippen LogP contribution in [0.1, 0.15) is 52.6 Å². The molecule has 8 nitrogen and oxygen atoms in total. The number of rotatable bonds is 4. The molecule has 3 aromatic carbocycles. The van der Waals surface area contributed by atoms with E-state index in [-0.39, 0.29) is 27.9 Å². The average Bonchev–Trinajstić information content (AvgIpc) is 3.01. The second kappa shape index (κ2) is 7.66. The summed E-state index contributed by atoms with van der Waals surface area (Å²) in [6, 6.07) is 13.1. The lowest BCUT2D eigenvalue weighted by Crippen LogP contribution is -2.29. The van der Waals surface area contributed by atoms with Crippen LogP contribution < -0.4 is 10.2 Å². The molecule has 0 spiro atoms. The maximum absolute atomic E-state index is 13.0.